The molecule has 0 radical (unpaired) electrons. The van der Waals surface area contributed by atoms with Crippen molar-refractivity contribution in [2.45, 2.75) is 19.4 Å². The van der Waals surface area contributed by atoms with E-state index in [4.69, 9.17) is 4.98 Å². The van der Waals surface area contributed by atoms with Gasteiger partial charge in [0.1, 0.15) is 5.65 Å². The molecule has 1 aliphatic rings. The molecule has 1 fully saturated rings. The van der Waals surface area contributed by atoms with Crippen LogP contribution in [0.5, 0.6) is 0 Å². The van der Waals surface area contributed by atoms with Crippen molar-refractivity contribution in [3.8, 4) is 0 Å². The molecule has 2 aromatic heterocycles. The summed E-state index contributed by atoms with van der Waals surface area (Å²) in [6.07, 6.45) is 3.64. The van der Waals surface area contributed by atoms with Crippen molar-refractivity contribution in [3.05, 3.63) is 124 Å². The van der Waals surface area contributed by atoms with Crippen LogP contribution in [0.15, 0.2) is 102 Å². The van der Waals surface area contributed by atoms with E-state index in [-0.39, 0.29) is 5.56 Å². The second-order valence-electron chi connectivity index (χ2n) is 10.4. The number of pyridine rings is 1. The molecule has 1 aliphatic heterocycles. The lowest BCUT2D eigenvalue weighted by Gasteiger charge is -2.34. The molecule has 1 N–H and O–H groups in total. The highest BCUT2D eigenvalue weighted by molar-refractivity contribution is 5.76. The molecule has 0 saturated carbocycles. The van der Waals surface area contributed by atoms with Crippen molar-refractivity contribution in [2.75, 3.05) is 43.4 Å². The molecule has 3 heterocycles. The minimum atomic E-state index is -0.0773. The fourth-order valence-corrected chi connectivity index (χ4v) is 5.28. The highest BCUT2D eigenvalue weighted by Crippen LogP contribution is 2.22. The molecular weight excluding hydrogens is 496 g/mol. The number of hydrogen-bond donors (Lipinski definition) is 1. The third kappa shape index (κ3) is 5.90. The summed E-state index contributed by atoms with van der Waals surface area (Å²) >= 11 is 0. The molecule has 0 atom stereocenters. The van der Waals surface area contributed by atoms with Crippen molar-refractivity contribution in [1.29, 1.82) is 0 Å². The van der Waals surface area contributed by atoms with E-state index in [9.17, 15) is 4.79 Å². The Kier molecular flexibility index (Phi) is 7.55. The largest absolute Gasteiger partial charge is 0.369 e. The first kappa shape index (κ1) is 25.8. The predicted molar refractivity (Wildman–Crippen MR) is 163 cm³/mol. The van der Waals surface area contributed by atoms with Crippen LogP contribution < -0.4 is 15.8 Å². The maximum atomic E-state index is 13.1. The minimum Gasteiger partial charge on any atom is -0.369 e. The number of hydrogen-bond acceptors (Lipinski definition) is 6. The summed E-state index contributed by atoms with van der Waals surface area (Å²) in [6.45, 7) is 4.67. The third-order valence-corrected chi connectivity index (χ3v) is 7.69. The molecule has 0 amide bonds. The van der Waals surface area contributed by atoms with Crippen LogP contribution in [0.25, 0.3) is 11.0 Å². The molecule has 40 heavy (non-hydrogen) atoms. The van der Waals surface area contributed by atoms with E-state index in [1.807, 2.05) is 12.1 Å². The van der Waals surface area contributed by atoms with Crippen molar-refractivity contribution < 1.29 is 0 Å². The number of aromatic nitrogens is 3. The number of piperazine rings is 1. The number of fused-ring (bicyclic) bond motifs is 1. The minimum absolute atomic E-state index is 0.0773. The van der Waals surface area contributed by atoms with Gasteiger partial charge in [-0.25, -0.2) is 4.98 Å². The van der Waals surface area contributed by atoms with E-state index in [0.29, 0.717) is 18.1 Å². The number of likely N-dealkylation sites (N-methyl/N-ethyl adjacent to an activating group) is 1. The molecule has 3 aromatic carbocycles. The lowest BCUT2D eigenvalue weighted by atomic mass is 9.99. The second-order valence-corrected chi connectivity index (χ2v) is 10.4. The zero-order valence-corrected chi connectivity index (χ0v) is 22.8. The van der Waals surface area contributed by atoms with E-state index in [0.717, 1.165) is 55.7 Å². The monoisotopic (exact) mass is 530 g/mol. The Hall–Kier alpha value is -4.49. The standard InChI is InChI=1S/C33H34N6O/c1-37-19-21-38(22-20-37)30-16-14-29(15-17-30)35-33-34-23-27-13-18-31(40)39(32(27)36-33)24-28-10-6-5-9-26(28)12-11-25-7-3-2-4-8-25/h2-10,13-18,23H,11-12,19-22,24H2,1H3,(H,34,35,36). The first-order valence-corrected chi connectivity index (χ1v) is 13.9. The van der Waals surface area contributed by atoms with Crippen molar-refractivity contribution in [2.24, 2.45) is 0 Å². The Labute approximate surface area is 234 Å². The normalized spacial score (nSPS) is 14.0. The zero-order valence-electron chi connectivity index (χ0n) is 22.8. The average molecular weight is 531 g/mol. The van der Waals surface area contributed by atoms with Gasteiger partial charge in [0.05, 0.1) is 6.54 Å². The highest BCUT2D eigenvalue weighted by atomic mass is 16.1. The van der Waals surface area contributed by atoms with Crippen molar-refractivity contribution >= 4 is 28.4 Å². The smallest absolute Gasteiger partial charge is 0.252 e. The number of rotatable bonds is 8. The van der Waals surface area contributed by atoms with Crippen LogP contribution in [0.2, 0.25) is 0 Å². The molecule has 202 valence electrons. The van der Waals surface area contributed by atoms with Crippen LogP contribution in [0.1, 0.15) is 16.7 Å². The maximum absolute atomic E-state index is 13.1. The van der Waals surface area contributed by atoms with Crippen LogP contribution in [0, 0.1) is 0 Å². The van der Waals surface area contributed by atoms with E-state index >= 15 is 0 Å². The van der Waals surface area contributed by atoms with Crippen LogP contribution in [-0.4, -0.2) is 52.7 Å². The molecule has 7 nitrogen and oxygen atoms in total. The molecule has 5 aromatic rings. The summed E-state index contributed by atoms with van der Waals surface area (Å²) in [5, 5.41) is 4.16. The second kappa shape index (κ2) is 11.7. The molecule has 0 spiro atoms. The molecular formula is C33H34N6O. The molecule has 6 rings (SSSR count). The Balaban J connectivity index is 1.23. The number of benzene rings is 3. The van der Waals surface area contributed by atoms with Gasteiger partial charge in [0.15, 0.2) is 0 Å². The SMILES string of the molecule is CN1CCN(c2ccc(Nc3ncc4ccc(=O)n(Cc5ccccc5CCc5ccccc5)c4n3)cc2)CC1. The number of anilines is 3. The van der Waals surface area contributed by atoms with E-state index in [1.54, 1.807) is 22.9 Å². The van der Waals surface area contributed by atoms with Crippen LogP contribution >= 0.6 is 0 Å². The Morgan fingerprint density at radius 2 is 1.50 bits per heavy atom. The van der Waals surface area contributed by atoms with E-state index in [1.165, 1.54) is 16.8 Å². The van der Waals surface area contributed by atoms with Gasteiger partial charge in [-0.05, 0) is 66.9 Å². The predicted octanol–water partition coefficient (Wildman–Crippen LogP) is 5.12. The topological polar surface area (TPSA) is 66.3 Å². The van der Waals surface area contributed by atoms with Gasteiger partial charge < -0.3 is 15.1 Å². The van der Waals surface area contributed by atoms with Crippen LogP contribution in [0.3, 0.4) is 0 Å². The number of nitrogens with zero attached hydrogens (tertiary/aromatic N) is 5. The third-order valence-electron chi connectivity index (χ3n) is 7.69. The zero-order chi connectivity index (χ0) is 27.3. The summed E-state index contributed by atoms with van der Waals surface area (Å²) in [4.78, 5) is 27.2. The molecule has 7 heteroatoms. The quantitative estimate of drug-likeness (QED) is 0.300. The highest BCUT2D eigenvalue weighted by Gasteiger charge is 2.14. The average Bonchev–Trinajstić information content (AvgIpc) is 2.99. The Morgan fingerprint density at radius 1 is 0.775 bits per heavy atom. The fourth-order valence-electron chi connectivity index (χ4n) is 5.28. The van der Waals surface area contributed by atoms with Gasteiger partial charge >= 0.3 is 0 Å². The summed E-state index contributed by atoms with van der Waals surface area (Å²) in [5.74, 6) is 0.469. The Bertz CT molecular complexity index is 1640. The molecule has 0 bridgehead atoms. The molecule has 0 aliphatic carbocycles. The van der Waals surface area contributed by atoms with Gasteiger partial charge in [-0.3, -0.25) is 9.36 Å². The number of aryl methyl sites for hydroxylation is 2. The van der Waals surface area contributed by atoms with E-state index < -0.39 is 0 Å². The van der Waals surface area contributed by atoms with E-state index in [2.05, 4.69) is 93.9 Å². The fraction of sp³-hybridized carbons (Fsp3) is 0.242. The van der Waals surface area contributed by atoms with Gasteiger partial charge in [-0.15, -0.1) is 0 Å². The lowest BCUT2D eigenvalue weighted by molar-refractivity contribution is 0.313. The first-order valence-electron chi connectivity index (χ1n) is 13.9. The van der Waals surface area contributed by atoms with Gasteiger partial charge in [0.25, 0.3) is 5.56 Å². The summed E-state index contributed by atoms with van der Waals surface area (Å²) in [7, 11) is 2.16. The van der Waals surface area contributed by atoms with Crippen LogP contribution in [-0.2, 0) is 19.4 Å². The van der Waals surface area contributed by atoms with Crippen LogP contribution in [0.4, 0.5) is 17.3 Å². The Morgan fingerprint density at radius 3 is 2.27 bits per heavy atom. The maximum Gasteiger partial charge on any atom is 0.252 e. The summed E-state index contributed by atoms with van der Waals surface area (Å²) < 4.78 is 1.75. The molecule has 1 saturated heterocycles. The first-order chi connectivity index (χ1) is 19.6. The lowest BCUT2D eigenvalue weighted by Crippen LogP contribution is -2.44. The van der Waals surface area contributed by atoms with Crippen molar-refractivity contribution in [3.63, 3.8) is 0 Å². The molecule has 0 unspecified atom stereocenters. The van der Waals surface area contributed by atoms with Crippen molar-refractivity contribution in [1.82, 2.24) is 19.4 Å². The van der Waals surface area contributed by atoms with Gasteiger partial charge in [0.2, 0.25) is 5.95 Å². The number of nitrogens with one attached hydrogen (secondary N) is 1. The van der Waals surface area contributed by atoms with Gasteiger partial charge in [-0.1, -0.05) is 54.6 Å². The van der Waals surface area contributed by atoms with Gasteiger partial charge in [0, 0.05) is 55.2 Å². The van der Waals surface area contributed by atoms with Gasteiger partial charge in [-0.2, -0.15) is 4.98 Å². The summed E-state index contributed by atoms with van der Waals surface area (Å²) in [6, 6.07) is 30.6. The summed E-state index contributed by atoms with van der Waals surface area (Å²) in [5.41, 5.74) is 6.35.